The van der Waals surface area contributed by atoms with E-state index >= 15 is 0 Å². The molecule has 2 aromatic carbocycles. The van der Waals surface area contributed by atoms with Crippen LogP contribution in [0.3, 0.4) is 0 Å². The molecule has 0 N–H and O–H groups in total. The van der Waals surface area contributed by atoms with E-state index < -0.39 is 6.10 Å². The highest BCUT2D eigenvalue weighted by Gasteiger charge is 2.26. The molecule has 1 unspecified atom stereocenters. The Hall–Kier alpha value is -1.91. The van der Waals surface area contributed by atoms with Crippen molar-refractivity contribution in [3.8, 4) is 5.75 Å². The van der Waals surface area contributed by atoms with E-state index in [0.717, 1.165) is 29.4 Å². The van der Waals surface area contributed by atoms with E-state index in [4.69, 9.17) is 27.9 Å². The highest BCUT2D eigenvalue weighted by Crippen LogP contribution is 2.26. The number of benzene rings is 2. The molecule has 1 atom stereocenters. The summed E-state index contributed by atoms with van der Waals surface area (Å²) in [5, 5.41) is 1.42. The predicted molar refractivity (Wildman–Crippen MR) is 111 cm³/mol. The summed E-state index contributed by atoms with van der Waals surface area (Å²) in [6.07, 6.45) is -0.537. The molecule has 0 bridgehead atoms. The highest BCUT2D eigenvalue weighted by atomic mass is 35.5. The molecule has 0 radical (unpaired) electrons. The summed E-state index contributed by atoms with van der Waals surface area (Å²) < 4.78 is 5.83. The van der Waals surface area contributed by atoms with E-state index in [1.165, 1.54) is 5.56 Å². The monoisotopic (exact) mass is 406 g/mol. The maximum Gasteiger partial charge on any atom is 0.263 e. The second kappa shape index (κ2) is 8.41. The van der Waals surface area contributed by atoms with E-state index in [1.54, 1.807) is 19.1 Å². The standard InChI is InChI=1S/C21H24Cl2N2O2/c1-14-4-5-17(22)13-20(14)24-8-10-25(11-9-24)21(26)16(3)27-18-6-7-19(23)15(2)12-18/h4-7,12-13,16H,8-11H2,1-3H3. The van der Waals surface area contributed by atoms with Crippen LogP contribution in [-0.4, -0.2) is 43.1 Å². The first-order chi connectivity index (χ1) is 12.8. The number of ether oxygens (including phenoxy) is 1. The molecule has 4 nitrogen and oxygen atoms in total. The van der Waals surface area contributed by atoms with Gasteiger partial charge in [0.15, 0.2) is 6.10 Å². The minimum atomic E-state index is -0.537. The lowest BCUT2D eigenvalue weighted by atomic mass is 10.1. The highest BCUT2D eigenvalue weighted by molar-refractivity contribution is 6.31. The first-order valence-corrected chi connectivity index (χ1v) is 9.83. The first-order valence-electron chi connectivity index (χ1n) is 9.08. The molecule has 1 saturated heterocycles. The molecule has 3 rings (SSSR count). The van der Waals surface area contributed by atoms with Gasteiger partial charge < -0.3 is 14.5 Å². The first kappa shape index (κ1) is 19.8. The lowest BCUT2D eigenvalue weighted by Gasteiger charge is -2.37. The van der Waals surface area contributed by atoms with Gasteiger partial charge in [-0.1, -0.05) is 29.3 Å². The molecule has 0 saturated carbocycles. The number of carbonyl (C=O) groups excluding carboxylic acids is 1. The zero-order valence-corrected chi connectivity index (χ0v) is 17.3. The Balaban J connectivity index is 1.59. The summed E-state index contributed by atoms with van der Waals surface area (Å²) in [7, 11) is 0. The van der Waals surface area contributed by atoms with Crippen molar-refractivity contribution in [2.45, 2.75) is 26.9 Å². The van der Waals surface area contributed by atoms with Gasteiger partial charge in [0.1, 0.15) is 5.75 Å². The van der Waals surface area contributed by atoms with Crippen molar-refractivity contribution in [2.75, 3.05) is 31.1 Å². The van der Waals surface area contributed by atoms with Crippen molar-refractivity contribution in [3.05, 3.63) is 57.6 Å². The van der Waals surface area contributed by atoms with Crippen LogP contribution in [0.15, 0.2) is 36.4 Å². The third-order valence-electron chi connectivity index (χ3n) is 4.89. The number of amides is 1. The number of aryl methyl sites for hydroxylation is 2. The predicted octanol–water partition coefficient (Wildman–Crippen LogP) is 4.73. The third-order valence-corrected chi connectivity index (χ3v) is 5.55. The minimum absolute atomic E-state index is 0.00469. The second-order valence-corrected chi connectivity index (χ2v) is 7.76. The third kappa shape index (κ3) is 4.69. The Bertz CT molecular complexity index is 833. The fourth-order valence-corrected chi connectivity index (χ4v) is 3.58. The Morgan fingerprint density at radius 1 is 1.00 bits per heavy atom. The lowest BCUT2D eigenvalue weighted by Crippen LogP contribution is -2.52. The van der Waals surface area contributed by atoms with Crippen molar-refractivity contribution in [1.82, 2.24) is 4.90 Å². The van der Waals surface area contributed by atoms with E-state index in [-0.39, 0.29) is 5.91 Å². The maximum atomic E-state index is 12.8. The summed E-state index contributed by atoms with van der Waals surface area (Å²) in [5.74, 6) is 0.663. The molecule has 1 aliphatic heterocycles. The van der Waals surface area contributed by atoms with Crippen LogP contribution in [-0.2, 0) is 4.79 Å². The van der Waals surface area contributed by atoms with Crippen LogP contribution in [0.1, 0.15) is 18.1 Å². The van der Waals surface area contributed by atoms with Gasteiger partial charge in [-0.3, -0.25) is 4.79 Å². The maximum absolute atomic E-state index is 12.8. The molecule has 27 heavy (non-hydrogen) atoms. The minimum Gasteiger partial charge on any atom is -0.481 e. The molecule has 0 aromatic heterocycles. The molecule has 6 heteroatoms. The molecule has 1 aliphatic rings. The van der Waals surface area contributed by atoms with Crippen molar-refractivity contribution >= 4 is 34.8 Å². The topological polar surface area (TPSA) is 32.8 Å². The molecular weight excluding hydrogens is 383 g/mol. The van der Waals surface area contributed by atoms with Gasteiger partial charge in [0, 0.05) is 41.9 Å². The van der Waals surface area contributed by atoms with Crippen LogP contribution in [0.25, 0.3) is 0 Å². The molecule has 0 spiro atoms. The SMILES string of the molecule is Cc1cc(OC(C)C(=O)N2CCN(c3cc(Cl)ccc3C)CC2)ccc1Cl. The van der Waals surface area contributed by atoms with Crippen LogP contribution in [0, 0.1) is 13.8 Å². The summed E-state index contributed by atoms with van der Waals surface area (Å²) in [6.45, 7) is 8.67. The van der Waals surface area contributed by atoms with Gasteiger partial charge in [-0.15, -0.1) is 0 Å². The fraction of sp³-hybridized carbons (Fsp3) is 0.381. The molecule has 1 fully saturated rings. The van der Waals surface area contributed by atoms with Gasteiger partial charge in [-0.05, 0) is 62.2 Å². The summed E-state index contributed by atoms with van der Waals surface area (Å²) in [6, 6.07) is 11.3. The number of hydrogen-bond donors (Lipinski definition) is 0. The number of piperazine rings is 1. The molecule has 1 amide bonds. The quantitative estimate of drug-likeness (QED) is 0.735. The average molecular weight is 407 g/mol. The van der Waals surface area contributed by atoms with Crippen molar-refractivity contribution in [1.29, 1.82) is 0 Å². The van der Waals surface area contributed by atoms with Crippen LogP contribution in [0.4, 0.5) is 5.69 Å². The van der Waals surface area contributed by atoms with Gasteiger partial charge in [0.05, 0.1) is 0 Å². The second-order valence-electron chi connectivity index (χ2n) is 6.91. The Morgan fingerprint density at radius 3 is 2.37 bits per heavy atom. The largest absolute Gasteiger partial charge is 0.481 e. The number of anilines is 1. The Kier molecular flexibility index (Phi) is 6.18. The zero-order chi connectivity index (χ0) is 19.6. The number of nitrogens with zero attached hydrogens (tertiary/aromatic N) is 2. The van der Waals surface area contributed by atoms with Gasteiger partial charge in [0.2, 0.25) is 0 Å². The van der Waals surface area contributed by atoms with Crippen LogP contribution in [0.5, 0.6) is 5.75 Å². The van der Waals surface area contributed by atoms with Gasteiger partial charge in [-0.2, -0.15) is 0 Å². The molecular formula is C21H24Cl2N2O2. The number of carbonyl (C=O) groups is 1. The van der Waals surface area contributed by atoms with Gasteiger partial charge in [0.25, 0.3) is 5.91 Å². The molecule has 2 aromatic rings. The van der Waals surface area contributed by atoms with Crippen molar-refractivity contribution < 1.29 is 9.53 Å². The van der Waals surface area contributed by atoms with E-state index in [0.29, 0.717) is 23.9 Å². The smallest absolute Gasteiger partial charge is 0.263 e. The summed E-state index contributed by atoms with van der Waals surface area (Å²) >= 11 is 12.2. The van der Waals surface area contributed by atoms with Gasteiger partial charge >= 0.3 is 0 Å². The fourth-order valence-electron chi connectivity index (χ4n) is 3.29. The van der Waals surface area contributed by atoms with Crippen LogP contribution < -0.4 is 9.64 Å². The van der Waals surface area contributed by atoms with E-state index in [9.17, 15) is 4.79 Å². The van der Waals surface area contributed by atoms with Crippen LogP contribution in [0.2, 0.25) is 10.0 Å². The Labute approximate surface area is 170 Å². The average Bonchev–Trinajstić information content (AvgIpc) is 2.66. The normalized spacial score (nSPS) is 15.6. The molecule has 144 valence electrons. The number of rotatable bonds is 4. The number of halogens is 2. The molecule has 1 heterocycles. The van der Waals surface area contributed by atoms with Crippen LogP contribution >= 0.6 is 23.2 Å². The van der Waals surface area contributed by atoms with E-state index in [1.807, 2.05) is 36.1 Å². The van der Waals surface area contributed by atoms with E-state index in [2.05, 4.69) is 11.8 Å². The van der Waals surface area contributed by atoms with Gasteiger partial charge in [-0.25, -0.2) is 0 Å². The van der Waals surface area contributed by atoms with Crippen molar-refractivity contribution in [3.63, 3.8) is 0 Å². The Morgan fingerprint density at radius 2 is 1.70 bits per heavy atom. The zero-order valence-electron chi connectivity index (χ0n) is 15.8. The summed E-state index contributed by atoms with van der Waals surface area (Å²) in [4.78, 5) is 16.9. The van der Waals surface area contributed by atoms with Crippen molar-refractivity contribution in [2.24, 2.45) is 0 Å². The number of hydrogen-bond acceptors (Lipinski definition) is 3. The lowest BCUT2D eigenvalue weighted by molar-refractivity contribution is -0.138. The summed E-state index contributed by atoms with van der Waals surface area (Å²) in [5.41, 5.74) is 3.25. The molecule has 0 aliphatic carbocycles.